The van der Waals surface area contributed by atoms with Crippen LogP contribution in [0.3, 0.4) is 0 Å². The molecule has 1 aliphatic rings. The lowest BCUT2D eigenvalue weighted by Crippen LogP contribution is -2.41. The molecule has 0 radical (unpaired) electrons. The van der Waals surface area contributed by atoms with Gasteiger partial charge in [-0.05, 0) is 32.5 Å². The summed E-state index contributed by atoms with van der Waals surface area (Å²) in [5.41, 5.74) is 1.69. The van der Waals surface area contributed by atoms with Crippen LogP contribution in [0.1, 0.15) is 25.3 Å². The van der Waals surface area contributed by atoms with Gasteiger partial charge in [-0.15, -0.1) is 0 Å². The van der Waals surface area contributed by atoms with E-state index in [2.05, 4.69) is 35.9 Å². The normalized spacial score (nSPS) is 23.7. The van der Waals surface area contributed by atoms with E-state index >= 15 is 0 Å². The molecule has 1 aromatic carbocycles. The number of likely N-dealkylation sites (N-methyl/N-ethyl adjacent to an activating group) is 1. The summed E-state index contributed by atoms with van der Waals surface area (Å²) in [4.78, 5) is 4.54. The second-order valence-corrected chi connectivity index (χ2v) is 5.42. The van der Waals surface area contributed by atoms with Gasteiger partial charge in [-0.3, -0.25) is 0 Å². The van der Waals surface area contributed by atoms with Crippen molar-refractivity contribution in [2.24, 2.45) is 0 Å². The van der Waals surface area contributed by atoms with Crippen LogP contribution < -0.4 is 4.90 Å². The van der Waals surface area contributed by atoms with Gasteiger partial charge < -0.3 is 9.80 Å². The van der Waals surface area contributed by atoms with Gasteiger partial charge in [0, 0.05) is 25.2 Å². The second kappa shape index (κ2) is 6.41. The molecular weight excluding hydrogens is 248 g/mol. The molecule has 0 spiro atoms. The Morgan fingerprint density at radius 2 is 2.05 bits per heavy atom. The first-order valence-corrected chi connectivity index (χ1v) is 7.00. The van der Waals surface area contributed by atoms with Crippen molar-refractivity contribution in [3.8, 4) is 12.1 Å². The van der Waals surface area contributed by atoms with E-state index in [1.807, 2.05) is 24.3 Å². The molecular formula is C16H20N4. The molecule has 0 saturated carbocycles. The second-order valence-electron chi connectivity index (χ2n) is 5.42. The molecule has 1 aromatic rings. The number of rotatable bonds is 2. The Hall–Kier alpha value is -2.04. The van der Waals surface area contributed by atoms with E-state index in [-0.39, 0.29) is 6.04 Å². The predicted molar refractivity (Wildman–Crippen MR) is 79.2 cm³/mol. The minimum Gasteiger partial charge on any atom is -0.366 e. The van der Waals surface area contributed by atoms with Crippen LogP contribution in [0, 0.1) is 22.7 Å². The van der Waals surface area contributed by atoms with Gasteiger partial charge in [-0.25, -0.2) is 0 Å². The van der Waals surface area contributed by atoms with Crippen LogP contribution in [0.2, 0.25) is 0 Å². The van der Waals surface area contributed by atoms with Crippen molar-refractivity contribution < 1.29 is 0 Å². The summed E-state index contributed by atoms with van der Waals surface area (Å²) in [5, 5.41) is 18.3. The Morgan fingerprint density at radius 1 is 1.30 bits per heavy atom. The average molecular weight is 268 g/mol. The van der Waals surface area contributed by atoms with Gasteiger partial charge >= 0.3 is 0 Å². The molecule has 0 bridgehead atoms. The number of para-hydroxylation sites is 1. The van der Waals surface area contributed by atoms with Crippen molar-refractivity contribution in [1.82, 2.24) is 4.90 Å². The maximum atomic E-state index is 9.29. The third-order valence-corrected chi connectivity index (χ3v) is 4.12. The number of nitriles is 2. The lowest BCUT2D eigenvalue weighted by molar-refractivity contribution is 0.263. The monoisotopic (exact) mass is 268 g/mol. The number of benzene rings is 1. The molecule has 2 rings (SSSR count). The average Bonchev–Trinajstić information content (AvgIpc) is 2.61. The smallest absolute Gasteiger partial charge is 0.101 e. The summed E-state index contributed by atoms with van der Waals surface area (Å²) in [6.07, 6.45) is 1.56. The van der Waals surface area contributed by atoms with E-state index in [0.717, 1.165) is 25.2 Å². The summed E-state index contributed by atoms with van der Waals surface area (Å²) >= 11 is 0. The highest BCUT2D eigenvalue weighted by atomic mass is 15.2. The first-order valence-electron chi connectivity index (χ1n) is 7.00. The molecule has 0 aliphatic carbocycles. The third kappa shape index (κ3) is 2.92. The molecule has 1 saturated heterocycles. The number of nitrogens with zero attached hydrogens (tertiary/aromatic N) is 4. The van der Waals surface area contributed by atoms with Crippen LogP contribution in [0.5, 0.6) is 0 Å². The summed E-state index contributed by atoms with van der Waals surface area (Å²) in [5.74, 6) is 0. The minimum absolute atomic E-state index is 0.219. The fourth-order valence-electron chi connectivity index (χ4n) is 2.76. The zero-order valence-corrected chi connectivity index (χ0v) is 12.1. The first kappa shape index (κ1) is 14.4. The standard InChI is InChI=1S/C16H20N4/c1-13-8-10-19(2)15(7-9-17)12-20(13)16-6-4-3-5-14(16)11-18/h3-6,13,15H,7-8,10,12H2,1-2H3. The highest BCUT2D eigenvalue weighted by molar-refractivity contribution is 5.60. The lowest BCUT2D eigenvalue weighted by Gasteiger charge is -2.32. The van der Waals surface area contributed by atoms with E-state index in [1.54, 1.807) is 0 Å². The summed E-state index contributed by atoms with van der Waals surface area (Å²) in [6, 6.07) is 12.9. The van der Waals surface area contributed by atoms with Crippen molar-refractivity contribution in [3.05, 3.63) is 29.8 Å². The number of anilines is 1. The molecule has 0 amide bonds. The molecule has 104 valence electrons. The molecule has 2 unspecified atom stereocenters. The molecule has 2 atom stereocenters. The highest BCUT2D eigenvalue weighted by Crippen LogP contribution is 2.26. The van der Waals surface area contributed by atoms with Gasteiger partial charge in [-0.1, -0.05) is 12.1 Å². The van der Waals surface area contributed by atoms with Crippen molar-refractivity contribution in [3.63, 3.8) is 0 Å². The van der Waals surface area contributed by atoms with Crippen molar-refractivity contribution in [2.75, 3.05) is 25.0 Å². The first-order chi connectivity index (χ1) is 9.67. The minimum atomic E-state index is 0.219. The Morgan fingerprint density at radius 3 is 2.75 bits per heavy atom. The molecule has 1 aliphatic heterocycles. The van der Waals surface area contributed by atoms with Gasteiger partial charge in [0.15, 0.2) is 0 Å². The van der Waals surface area contributed by atoms with Crippen molar-refractivity contribution >= 4 is 5.69 Å². The van der Waals surface area contributed by atoms with Crippen LogP contribution in [-0.2, 0) is 0 Å². The Balaban J connectivity index is 2.33. The van der Waals surface area contributed by atoms with Gasteiger partial charge in [-0.2, -0.15) is 10.5 Å². The van der Waals surface area contributed by atoms with Gasteiger partial charge in [0.1, 0.15) is 6.07 Å². The Bertz CT molecular complexity index is 540. The van der Waals surface area contributed by atoms with E-state index in [9.17, 15) is 5.26 Å². The fraction of sp³-hybridized carbons (Fsp3) is 0.500. The van der Waals surface area contributed by atoms with Crippen LogP contribution in [-0.4, -0.2) is 37.1 Å². The van der Waals surface area contributed by atoms with E-state index < -0.39 is 0 Å². The quantitative estimate of drug-likeness (QED) is 0.826. The predicted octanol–water partition coefficient (Wildman–Crippen LogP) is 2.37. The fourth-order valence-corrected chi connectivity index (χ4v) is 2.76. The zero-order valence-electron chi connectivity index (χ0n) is 12.1. The topological polar surface area (TPSA) is 54.1 Å². The van der Waals surface area contributed by atoms with E-state index in [0.29, 0.717) is 18.0 Å². The maximum absolute atomic E-state index is 9.29. The molecule has 20 heavy (non-hydrogen) atoms. The van der Waals surface area contributed by atoms with Crippen LogP contribution in [0.4, 0.5) is 5.69 Å². The largest absolute Gasteiger partial charge is 0.366 e. The molecule has 4 nitrogen and oxygen atoms in total. The summed E-state index contributed by atoms with van der Waals surface area (Å²) in [6.45, 7) is 3.97. The summed E-state index contributed by atoms with van der Waals surface area (Å²) in [7, 11) is 2.08. The van der Waals surface area contributed by atoms with Crippen LogP contribution in [0.25, 0.3) is 0 Å². The highest BCUT2D eigenvalue weighted by Gasteiger charge is 2.27. The molecule has 0 N–H and O–H groups in total. The zero-order chi connectivity index (χ0) is 14.5. The number of hydrogen-bond acceptors (Lipinski definition) is 4. The number of hydrogen-bond donors (Lipinski definition) is 0. The third-order valence-electron chi connectivity index (χ3n) is 4.12. The molecule has 0 aromatic heterocycles. The van der Waals surface area contributed by atoms with Gasteiger partial charge in [0.25, 0.3) is 0 Å². The van der Waals surface area contributed by atoms with Crippen molar-refractivity contribution in [1.29, 1.82) is 10.5 Å². The molecule has 1 heterocycles. The summed E-state index contributed by atoms with van der Waals surface area (Å²) < 4.78 is 0. The van der Waals surface area contributed by atoms with Crippen LogP contribution in [0.15, 0.2) is 24.3 Å². The maximum Gasteiger partial charge on any atom is 0.101 e. The van der Waals surface area contributed by atoms with E-state index in [4.69, 9.17) is 5.26 Å². The Labute approximate surface area is 120 Å². The lowest BCUT2D eigenvalue weighted by atomic mass is 10.1. The Kier molecular flexibility index (Phi) is 4.61. The molecule has 1 fully saturated rings. The SMILES string of the molecule is CC1CCN(C)C(CC#N)CN1c1ccccc1C#N. The van der Waals surface area contributed by atoms with Gasteiger partial charge in [0.05, 0.1) is 23.7 Å². The van der Waals surface area contributed by atoms with Gasteiger partial charge in [0.2, 0.25) is 0 Å². The molecule has 4 heteroatoms. The van der Waals surface area contributed by atoms with E-state index in [1.165, 1.54) is 0 Å². The van der Waals surface area contributed by atoms with Crippen LogP contribution >= 0.6 is 0 Å². The van der Waals surface area contributed by atoms with Crippen molar-refractivity contribution in [2.45, 2.75) is 31.8 Å².